The number of rotatable bonds is 8. The van der Waals surface area contributed by atoms with E-state index in [1.165, 1.54) is 18.2 Å². The number of Topliss-reactive ketones (excluding diaryl/α,β-unsaturated/α-hetero) is 1. The first-order valence-corrected chi connectivity index (χ1v) is 9.04. The number of nitrogens with zero attached hydrogens (tertiary/aromatic N) is 2. The maximum atomic E-state index is 12.7. The first kappa shape index (κ1) is 22.8. The van der Waals surface area contributed by atoms with Gasteiger partial charge in [-0.25, -0.2) is 8.78 Å². The molecule has 1 rings (SSSR count). The Morgan fingerprint density at radius 3 is 2.70 bits per heavy atom. The molecule has 0 saturated heterocycles. The summed E-state index contributed by atoms with van der Waals surface area (Å²) < 4.78 is 30.4. The fourth-order valence-electron chi connectivity index (χ4n) is 1.99. The van der Waals surface area contributed by atoms with Crippen LogP contribution in [-0.2, 0) is 6.42 Å². The number of ether oxygens (including phenoxy) is 1. The van der Waals surface area contributed by atoms with Crippen molar-refractivity contribution in [1.82, 2.24) is 9.88 Å². The number of hydrogen-bond donors (Lipinski definition) is 1. The van der Waals surface area contributed by atoms with E-state index in [0.717, 1.165) is 0 Å². The molecule has 1 aromatic rings. The van der Waals surface area contributed by atoms with Gasteiger partial charge >= 0.3 is 0 Å². The minimum atomic E-state index is -2.60. The molecule has 0 bridgehead atoms. The van der Waals surface area contributed by atoms with Gasteiger partial charge < -0.3 is 14.6 Å². The second kappa shape index (κ2) is 11.5. The smallest absolute Gasteiger partial charge is 0.272 e. The molecular weight excluding hydrogens is 420 g/mol. The van der Waals surface area contributed by atoms with Crippen LogP contribution in [0.15, 0.2) is 40.4 Å². The quantitative estimate of drug-likeness (QED) is 0.370. The highest BCUT2D eigenvalue weighted by Gasteiger charge is 2.13. The minimum absolute atomic E-state index is 0.0201. The van der Waals surface area contributed by atoms with Crippen molar-refractivity contribution in [3.8, 4) is 11.8 Å². The maximum Gasteiger partial charge on any atom is 0.272 e. The number of carbonyl (C=O) groups is 1. The van der Waals surface area contributed by atoms with Crippen LogP contribution in [0.5, 0.6) is 5.75 Å². The Bertz CT molecular complexity index is 782. The Kier molecular flexibility index (Phi) is 9.68. The zero-order valence-electron chi connectivity index (χ0n) is 15.4. The molecule has 0 fully saturated rings. The van der Waals surface area contributed by atoms with Gasteiger partial charge in [-0.3, -0.25) is 4.79 Å². The molecule has 0 aliphatic carbocycles. The normalized spacial score (nSPS) is 11.3. The monoisotopic (exact) mass is 441 g/mol. The second-order valence-corrected chi connectivity index (χ2v) is 6.68. The maximum absolute atomic E-state index is 12.7. The summed E-state index contributed by atoms with van der Waals surface area (Å²) in [5.74, 6) is -0.229. The molecule has 0 aromatic carbocycles. The van der Waals surface area contributed by atoms with E-state index in [0.29, 0.717) is 23.1 Å². The van der Waals surface area contributed by atoms with Crippen LogP contribution in [0.25, 0.3) is 0 Å². The van der Waals surface area contributed by atoms with E-state index in [1.807, 2.05) is 32.0 Å². The standard InChI is InChI=1S/C19H22BrF2N3O2/c1-4-14-10-15(20)17(27-12-18(21)22)7-5-6-16(24-14)19(26)13(11-23)8-9-25(2)3/h5-8,10,18,24H,4,9,12H2,1-3H3/b7-5?,13-8+,14-10?,16-6?,17-15?. The molecule has 0 atom stereocenters. The molecule has 0 spiro atoms. The summed E-state index contributed by atoms with van der Waals surface area (Å²) in [6, 6.07) is 8.06. The van der Waals surface area contributed by atoms with Crippen LogP contribution in [0.3, 0.4) is 0 Å². The van der Waals surface area contributed by atoms with Gasteiger partial charge in [-0.1, -0.05) is 13.0 Å². The van der Waals surface area contributed by atoms with E-state index in [2.05, 4.69) is 20.9 Å². The first-order valence-electron chi connectivity index (χ1n) is 8.24. The molecule has 1 heterocycles. The zero-order valence-corrected chi connectivity index (χ0v) is 17.0. The highest BCUT2D eigenvalue weighted by molar-refractivity contribution is 9.10. The van der Waals surface area contributed by atoms with Crippen molar-refractivity contribution in [2.45, 2.75) is 19.8 Å². The van der Waals surface area contributed by atoms with Crippen LogP contribution in [0, 0.1) is 11.3 Å². The number of nitriles is 1. The van der Waals surface area contributed by atoms with Crippen molar-refractivity contribution >= 4 is 21.7 Å². The van der Waals surface area contributed by atoms with Gasteiger partial charge in [0.25, 0.3) is 6.43 Å². The summed E-state index contributed by atoms with van der Waals surface area (Å²) in [5, 5.41) is 9.30. The summed E-state index contributed by atoms with van der Waals surface area (Å²) in [6.07, 6.45) is -0.494. The van der Waals surface area contributed by atoms with E-state index in [1.54, 1.807) is 12.1 Å². The number of aromatic nitrogens is 1. The number of alkyl halides is 2. The van der Waals surface area contributed by atoms with E-state index in [4.69, 9.17) is 4.74 Å². The molecule has 0 saturated carbocycles. The molecular formula is C19H22BrF2N3O2. The molecule has 146 valence electrons. The van der Waals surface area contributed by atoms with Crippen LogP contribution in [-0.4, -0.2) is 49.3 Å². The molecule has 5 nitrogen and oxygen atoms in total. The Balaban J connectivity index is 3.40. The molecule has 27 heavy (non-hydrogen) atoms. The summed E-state index contributed by atoms with van der Waals surface area (Å²) in [4.78, 5) is 17.5. The number of H-pyrrole nitrogens is 1. The summed E-state index contributed by atoms with van der Waals surface area (Å²) in [6.45, 7) is 1.59. The van der Waals surface area contributed by atoms with Crippen molar-refractivity contribution in [1.29, 1.82) is 5.26 Å². The Labute approximate surface area is 166 Å². The van der Waals surface area contributed by atoms with E-state index >= 15 is 0 Å². The molecule has 0 amide bonds. The Hall–Kier alpha value is -2.24. The lowest BCUT2D eigenvalue weighted by Gasteiger charge is -2.06. The SMILES string of the molecule is CCc1cc(Br)c(OCC(F)F)cccc(C(=O)/C(C#N)=C/CN(C)C)[nH]1. The van der Waals surface area contributed by atoms with Crippen LogP contribution in [0.4, 0.5) is 8.78 Å². The number of ketones is 1. The van der Waals surface area contributed by atoms with Crippen molar-refractivity contribution < 1.29 is 18.3 Å². The average Bonchev–Trinajstić information content (AvgIpc) is 2.69. The van der Waals surface area contributed by atoms with Crippen LogP contribution in [0.2, 0.25) is 0 Å². The highest BCUT2D eigenvalue weighted by atomic mass is 79.9. The highest BCUT2D eigenvalue weighted by Crippen LogP contribution is 2.24. The molecule has 0 unspecified atom stereocenters. The van der Waals surface area contributed by atoms with Gasteiger partial charge in [-0.2, -0.15) is 5.26 Å². The van der Waals surface area contributed by atoms with Gasteiger partial charge in [0.1, 0.15) is 18.4 Å². The Morgan fingerprint density at radius 1 is 1.44 bits per heavy atom. The van der Waals surface area contributed by atoms with Crippen LogP contribution >= 0.6 is 15.9 Å². The zero-order chi connectivity index (χ0) is 20.4. The largest absolute Gasteiger partial charge is 0.486 e. The van der Waals surface area contributed by atoms with Gasteiger partial charge in [0.05, 0.1) is 15.7 Å². The predicted octanol–water partition coefficient (Wildman–Crippen LogP) is 4.30. The van der Waals surface area contributed by atoms with Crippen molar-refractivity contribution in [2.75, 3.05) is 27.2 Å². The number of aryl methyl sites for hydroxylation is 1. The molecule has 0 aliphatic heterocycles. The number of carbonyl (C=O) groups excluding carboxylic acids is 1. The van der Waals surface area contributed by atoms with Gasteiger partial charge in [-0.15, -0.1) is 0 Å². The number of likely N-dealkylation sites (N-methyl/N-ethyl adjacent to an activating group) is 1. The molecule has 1 aromatic heterocycles. The predicted molar refractivity (Wildman–Crippen MR) is 104 cm³/mol. The van der Waals surface area contributed by atoms with Gasteiger partial charge in [0.2, 0.25) is 5.78 Å². The lowest BCUT2D eigenvalue weighted by molar-refractivity contribution is 0.0815. The van der Waals surface area contributed by atoms with Crippen molar-refractivity contribution in [2.24, 2.45) is 0 Å². The first-order chi connectivity index (χ1) is 12.8. The minimum Gasteiger partial charge on any atom is -0.486 e. The third kappa shape index (κ3) is 7.89. The van der Waals surface area contributed by atoms with E-state index in [9.17, 15) is 18.8 Å². The number of nitrogens with one attached hydrogen (secondary N) is 1. The number of aromatic amines is 1. The van der Waals surface area contributed by atoms with Crippen molar-refractivity contribution in [3.63, 3.8) is 0 Å². The lowest BCUT2D eigenvalue weighted by Crippen LogP contribution is -2.13. The molecule has 8 heteroatoms. The van der Waals surface area contributed by atoms with Crippen LogP contribution < -0.4 is 4.74 Å². The summed E-state index contributed by atoms with van der Waals surface area (Å²) >= 11 is 3.31. The van der Waals surface area contributed by atoms with Crippen LogP contribution in [0.1, 0.15) is 23.1 Å². The summed E-state index contributed by atoms with van der Waals surface area (Å²) in [5.41, 5.74) is 0.890. The van der Waals surface area contributed by atoms with Gasteiger partial charge in [0, 0.05) is 12.2 Å². The van der Waals surface area contributed by atoms with Gasteiger partial charge in [-0.05, 0) is 60.7 Å². The van der Waals surface area contributed by atoms with Crippen molar-refractivity contribution in [3.05, 3.63) is 51.8 Å². The fraction of sp³-hybridized carbons (Fsp3) is 0.368. The molecule has 1 N–H and O–H groups in total. The van der Waals surface area contributed by atoms with E-state index in [-0.39, 0.29) is 17.0 Å². The fourth-order valence-corrected chi connectivity index (χ4v) is 2.51. The number of allylic oxidation sites excluding steroid dienone is 1. The summed E-state index contributed by atoms with van der Waals surface area (Å²) in [7, 11) is 3.66. The number of halogens is 3. The third-order valence-electron chi connectivity index (χ3n) is 3.36. The second-order valence-electron chi connectivity index (χ2n) is 5.82. The molecule has 0 aliphatic rings. The Morgan fingerprint density at radius 2 is 2.15 bits per heavy atom. The lowest BCUT2D eigenvalue weighted by atomic mass is 10.1. The molecule has 0 radical (unpaired) electrons. The topological polar surface area (TPSA) is 69.1 Å². The third-order valence-corrected chi connectivity index (χ3v) is 3.98. The van der Waals surface area contributed by atoms with Gasteiger partial charge in [0.15, 0.2) is 0 Å². The average molecular weight is 442 g/mol. The number of hydrogen-bond acceptors (Lipinski definition) is 4. The van der Waals surface area contributed by atoms with E-state index < -0.39 is 18.8 Å².